The van der Waals surface area contributed by atoms with Gasteiger partial charge in [0.1, 0.15) is 6.04 Å². The number of carbonyl (C=O) groups excluding carboxylic acids is 1. The number of amides is 1. The van der Waals surface area contributed by atoms with E-state index in [1.807, 2.05) is 73.7 Å². The number of sulfonamides is 1. The van der Waals surface area contributed by atoms with Gasteiger partial charge in [0, 0.05) is 17.6 Å². The fraction of sp³-hybridized carbons (Fsp3) is 0.148. The molecule has 33 heavy (non-hydrogen) atoms. The minimum absolute atomic E-state index is 0.153. The maximum atomic E-state index is 13.6. The summed E-state index contributed by atoms with van der Waals surface area (Å²) in [4.78, 5) is 13.7. The van der Waals surface area contributed by atoms with Crippen molar-refractivity contribution in [2.75, 3.05) is 5.32 Å². The van der Waals surface area contributed by atoms with E-state index in [4.69, 9.17) is 0 Å². The van der Waals surface area contributed by atoms with Gasteiger partial charge >= 0.3 is 0 Å². The van der Waals surface area contributed by atoms with Crippen LogP contribution >= 0.6 is 0 Å². The van der Waals surface area contributed by atoms with Gasteiger partial charge in [-0.3, -0.25) is 4.79 Å². The van der Waals surface area contributed by atoms with Gasteiger partial charge < -0.3 is 5.32 Å². The number of hydrogen-bond donors (Lipinski definition) is 1. The zero-order valence-corrected chi connectivity index (χ0v) is 19.0. The zero-order chi connectivity index (χ0) is 23.0. The Morgan fingerprint density at radius 1 is 0.848 bits per heavy atom. The molecule has 1 atom stereocenters. The van der Waals surface area contributed by atoms with Gasteiger partial charge in [-0.25, -0.2) is 8.42 Å². The minimum Gasteiger partial charge on any atom is -0.324 e. The van der Waals surface area contributed by atoms with Crippen molar-refractivity contribution >= 4 is 32.4 Å². The average molecular weight is 457 g/mol. The highest BCUT2D eigenvalue weighted by Crippen LogP contribution is 2.31. The normalized spacial score (nSPS) is 16.3. The Balaban J connectivity index is 1.54. The van der Waals surface area contributed by atoms with Crippen LogP contribution in [-0.2, 0) is 27.8 Å². The number of nitrogens with one attached hydrogen (secondary N) is 1. The second kappa shape index (κ2) is 8.46. The number of fused-ring (bicyclic) bond motifs is 2. The highest BCUT2D eigenvalue weighted by Gasteiger charge is 2.39. The molecule has 5 rings (SSSR count). The van der Waals surface area contributed by atoms with Crippen LogP contribution in [0.2, 0.25) is 0 Å². The fourth-order valence-electron chi connectivity index (χ4n) is 4.37. The summed E-state index contributed by atoms with van der Waals surface area (Å²) in [7, 11) is -3.88. The van der Waals surface area contributed by atoms with Crippen LogP contribution in [0.5, 0.6) is 0 Å². The van der Waals surface area contributed by atoms with E-state index in [1.54, 1.807) is 24.3 Å². The molecule has 4 aromatic carbocycles. The van der Waals surface area contributed by atoms with Crippen LogP contribution in [0.15, 0.2) is 95.9 Å². The number of aryl methyl sites for hydroxylation is 1. The van der Waals surface area contributed by atoms with Crippen molar-refractivity contribution in [3.63, 3.8) is 0 Å². The summed E-state index contributed by atoms with van der Waals surface area (Å²) in [5.41, 5.74) is 3.56. The fourth-order valence-corrected chi connectivity index (χ4v) is 5.94. The Hall–Kier alpha value is -3.48. The number of nitrogens with zero attached hydrogens (tertiary/aromatic N) is 1. The molecule has 4 aromatic rings. The highest BCUT2D eigenvalue weighted by atomic mass is 32.2. The van der Waals surface area contributed by atoms with Gasteiger partial charge in [0.05, 0.1) is 4.90 Å². The van der Waals surface area contributed by atoms with E-state index in [0.717, 1.165) is 27.5 Å². The van der Waals surface area contributed by atoms with Crippen LogP contribution in [0.1, 0.15) is 16.7 Å². The molecule has 0 saturated carbocycles. The number of anilines is 1. The minimum atomic E-state index is -3.88. The second-order valence-corrected chi connectivity index (χ2v) is 10.3. The summed E-state index contributed by atoms with van der Waals surface area (Å²) >= 11 is 0. The Kier molecular flexibility index (Phi) is 5.48. The van der Waals surface area contributed by atoms with Gasteiger partial charge in [0.15, 0.2) is 0 Å². The summed E-state index contributed by atoms with van der Waals surface area (Å²) in [5, 5.41) is 4.93. The molecule has 1 amide bonds. The maximum Gasteiger partial charge on any atom is 0.244 e. The monoisotopic (exact) mass is 456 g/mol. The molecule has 1 unspecified atom stereocenters. The lowest BCUT2D eigenvalue weighted by molar-refractivity contribution is -0.120. The molecule has 0 radical (unpaired) electrons. The molecular weight excluding hydrogens is 432 g/mol. The van der Waals surface area contributed by atoms with Crippen molar-refractivity contribution in [3.8, 4) is 0 Å². The number of rotatable bonds is 4. The van der Waals surface area contributed by atoms with E-state index in [-0.39, 0.29) is 17.3 Å². The topological polar surface area (TPSA) is 66.5 Å². The third-order valence-electron chi connectivity index (χ3n) is 6.18. The molecule has 0 bridgehead atoms. The van der Waals surface area contributed by atoms with Crippen molar-refractivity contribution in [3.05, 3.63) is 108 Å². The molecule has 1 aliphatic heterocycles. The largest absolute Gasteiger partial charge is 0.324 e. The molecule has 0 saturated heterocycles. The lowest BCUT2D eigenvalue weighted by Crippen LogP contribution is -2.50. The van der Waals surface area contributed by atoms with Crippen molar-refractivity contribution in [1.82, 2.24) is 4.31 Å². The Bertz CT molecular complexity index is 1440. The Labute approximate surface area is 193 Å². The molecule has 0 fully saturated rings. The second-order valence-electron chi connectivity index (χ2n) is 8.37. The van der Waals surface area contributed by atoms with E-state index in [9.17, 15) is 13.2 Å². The molecular formula is C27H24N2O3S. The van der Waals surface area contributed by atoms with Crippen molar-refractivity contribution in [2.45, 2.75) is 30.8 Å². The molecule has 0 aromatic heterocycles. The van der Waals surface area contributed by atoms with Gasteiger partial charge in [-0.1, -0.05) is 78.4 Å². The predicted molar refractivity (Wildman–Crippen MR) is 130 cm³/mol. The first-order chi connectivity index (χ1) is 15.9. The highest BCUT2D eigenvalue weighted by molar-refractivity contribution is 7.89. The summed E-state index contributed by atoms with van der Waals surface area (Å²) in [6.45, 7) is 2.06. The first-order valence-electron chi connectivity index (χ1n) is 10.9. The van der Waals surface area contributed by atoms with Gasteiger partial charge in [-0.15, -0.1) is 0 Å². The first-order valence-corrected chi connectivity index (χ1v) is 12.3. The lowest BCUT2D eigenvalue weighted by Gasteiger charge is -2.35. The summed E-state index contributed by atoms with van der Waals surface area (Å²) < 4.78 is 28.6. The van der Waals surface area contributed by atoms with E-state index in [0.29, 0.717) is 12.1 Å². The summed E-state index contributed by atoms with van der Waals surface area (Å²) in [6.07, 6.45) is 0.317. The van der Waals surface area contributed by atoms with Crippen LogP contribution in [0.25, 0.3) is 10.8 Å². The van der Waals surface area contributed by atoms with Crippen molar-refractivity contribution < 1.29 is 13.2 Å². The summed E-state index contributed by atoms with van der Waals surface area (Å²) in [5.74, 6) is -0.337. The molecule has 0 spiro atoms. The quantitative estimate of drug-likeness (QED) is 0.475. The van der Waals surface area contributed by atoms with Gasteiger partial charge in [-0.2, -0.15) is 4.31 Å². The lowest BCUT2D eigenvalue weighted by atomic mass is 9.95. The smallest absolute Gasteiger partial charge is 0.244 e. The molecule has 166 valence electrons. The standard InChI is InChI=1S/C27H24N2O3S/c1-19-13-15-23(16-14-19)33(31,32)29-18-22-9-3-2-8-21(22)17-26(29)27(30)28-25-12-6-10-20-7-4-5-11-24(20)25/h2-16,26H,17-18H2,1H3,(H,28,30). The van der Waals surface area contributed by atoms with Crippen LogP contribution in [-0.4, -0.2) is 24.7 Å². The molecule has 0 aliphatic carbocycles. The van der Waals surface area contributed by atoms with Gasteiger partial charge in [0.25, 0.3) is 0 Å². The average Bonchev–Trinajstić information content (AvgIpc) is 2.83. The molecule has 1 aliphatic rings. The number of benzene rings is 4. The molecule has 6 heteroatoms. The van der Waals surface area contributed by atoms with Crippen molar-refractivity contribution in [1.29, 1.82) is 0 Å². The van der Waals surface area contributed by atoms with Crippen LogP contribution in [0.3, 0.4) is 0 Å². The van der Waals surface area contributed by atoms with Crippen LogP contribution in [0, 0.1) is 6.92 Å². The first kappa shape index (κ1) is 21.4. The predicted octanol–water partition coefficient (Wildman–Crippen LogP) is 4.90. The SMILES string of the molecule is Cc1ccc(S(=O)(=O)N2Cc3ccccc3CC2C(=O)Nc2cccc3ccccc23)cc1. The van der Waals surface area contributed by atoms with Crippen LogP contribution in [0.4, 0.5) is 5.69 Å². The molecule has 1 heterocycles. The van der Waals surface area contributed by atoms with Gasteiger partial charge in [0.2, 0.25) is 15.9 Å². The third-order valence-corrected chi connectivity index (χ3v) is 8.05. The summed E-state index contributed by atoms with van der Waals surface area (Å²) in [6, 6.07) is 27.1. The van der Waals surface area contributed by atoms with Crippen LogP contribution < -0.4 is 5.32 Å². The zero-order valence-electron chi connectivity index (χ0n) is 18.2. The molecule has 1 N–H and O–H groups in total. The maximum absolute atomic E-state index is 13.6. The Morgan fingerprint density at radius 2 is 1.52 bits per heavy atom. The number of carbonyl (C=O) groups is 1. The van der Waals surface area contributed by atoms with E-state index in [1.165, 1.54) is 4.31 Å². The van der Waals surface area contributed by atoms with Crippen molar-refractivity contribution in [2.24, 2.45) is 0 Å². The van der Waals surface area contributed by atoms with E-state index < -0.39 is 16.1 Å². The Morgan fingerprint density at radius 3 is 2.30 bits per heavy atom. The third kappa shape index (κ3) is 4.03. The van der Waals surface area contributed by atoms with Gasteiger partial charge in [-0.05, 0) is 48.1 Å². The van der Waals surface area contributed by atoms with E-state index >= 15 is 0 Å². The number of hydrogen-bond acceptors (Lipinski definition) is 3. The molecule has 5 nitrogen and oxygen atoms in total. The van der Waals surface area contributed by atoms with E-state index in [2.05, 4.69) is 5.32 Å².